The molecule has 0 unspecified atom stereocenters. The van der Waals surface area contributed by atoms with Gasteiger partial charge in [-0.2, -0.15) is 0 Å². The number of halogens is 3. The second kappa shape index (κ2) is 6.26. The number of methoxy groups -OCH3 is 1. The Labute approximate surface area is 147 Å². The van der Waals surface area contributed by atoms with Gasteiger partial charge in [0.2, 0.25) is 0 Å². The predicted molar refractivity (Wildman–Crippen MR) is 89.7 cm³/mol. The summed E-state index contributed by atoms with van der Waals surface area (Å²) in [5.74, 6) is -1.48. The lowest BCUT2D eigenvalue weighted by atomic mass is 10.1. The highest BCUT2D eigenvalue weighted by molar-refractivity contribution is 6.60. The lowest BCUT2D eigenvalue weighted by molar-refractivity contribution is -0.119. The van der Waals surface area contributed by atoms with Gasteiger partial charge in [-0.25, -0.2) is 9.29 Å². The van der Waals surface area contributed by atoms with Crippen molar-refractivity contribution in [3.63, 3.8) is 0 Å². The van der Waals surface area contributed by atoms with E-state index in [9.17, 15) is 14.0 Å². The normalized spacial score (nSPS) is 14.6. The molecule has 1 aliphatic rings. The summed E-state index contributed by atoms with van der Waals surface area (Å²) in [6.07, 6.45) is 0. The zero-order chi connectivity index (χ0) is 17.4. The van der Waals surface area contributed by atoms with E-state index in [4.69, 9.17) is 27.9 Å². The van der Waals surface area contributed by atoms with E-state index < -0.39 is 17.6 Å². The summed E-state index contributed by atoms with van der Waals surface area (Å²) in [4.78, 5) is 26.1. The molecule has 0 saturated carbocycles. The molecule has 1 aliphatic heterocycles. The van der Waals surface area contributed by atoms with Gasteiger partial charge in [0.25, 0.3) is 11.8 Å². The second-order valence-electron chi connectivity index (χ2n) is 4.96. The van der Waals surface area contributed by atoms with Gasteiger partial charge in [0.1, 0.15) is 16.6 Å². The van der Waals surface area contributed by atoms with Crippen LogP contribution in [0.3, 0.4) is 0 Å². The Kier molecular flexibility index (Phi) is 4.30. The fourth-order valence-corrected chi connectivity index (χ4v) is 2.87. The van der Waals surface area contributed by atoms with Crippen molar-refractivity contribution in [1.82, 2.24) is 0 Å². The Bertz CT molecular complexity index is 878. The third-order valence-corrected chi connectivity index (χ3v) is 4.13. The van der Waals surface area contributed by atoms with Crippen LogP contribution in [0.4, 0.5) is 10.1 Å². The minimum Gasteiger partial charge on any atom is -0.495 e. The van der Waals surface area contributed by atoms with Gasteiger partial charge in [-0.05, 0) is 35.9 Å². The molecule has 0 spiro atoms. The molecule has 4 nitrogen and oxygen atoms in total. The van der Waals surface area contributed by atoms with Crippen LogP contribution in [0.5, 0.6) is 5.75 Å². The maximum Gasteiger partial charge on any atom is 0.277 e. The molecule has 0 radical (unpaired) electrons. The molecule has 7 heteroatoms. The standard InChI is InChI=1S/C17H10Cl2FNO3/c1-24-13-7-4-10(18)8-12(13)21-16(22)14(15(19)17(21)23)9-2-5-11(20)6-3-9/h2-8H,1H3. The molecule has 0 aliphatic carbocycles. The number of anilines is 1. The highest BCUT2D eigenvalue weighted by atomic mass is 35.5. The summed E-state index contributed by atoms with van der Waals surface area (Å²) < 4.78 is 18.3. The number of benzene rings is 2. The monoisotopic (exact) mass is 365 g/mol. The van der Waals surface area contributed by atoms with Crippen molar-refractivity contribution in [2.75, 3.05) is 12.0 Å². The molecule has 2 aromatic rings. The van der Waals surface area contributed by atoms with Crippen molar-refractivity contribution in [3.05, 3.63) is 63.9 Å². The number of carbonyl (C=O) groups is 2. The first-order chi connectivity index (χ1) is 11.4. The number of carbonyl (C=O) groups excluding carboxylic acids is 2. The van der Waals surface area contributed by atoms with Crippen LogP contribution in [-0.2, 0) is 9.59 Å². The van der Waals surface area contributed by atoms with Crippen molar-refractivity contribution in [3.8, 4) is 5.75 Å². The fourth-order valence-electron chi connectivity index (χ4n) is 2.43. The average molecular weight is 366 g/mol. The molecular weight excluding hydrogens is 356 g/mol. The minimum absolute atomic E-state index is 0.00342. The van der Waals surface area contributed by atoms with E-state index in [0.29, 0.717) is 16.3 Å². The Hall–Kier alpha value is -2.37. The van der Waals surface area contributed by atoms with E-state index in [2.05, 4.69) is 0 Å². The SMILES string of the molecule is COc1ccc(Cl)cc1N1C(=O)C(Cl)=C(c2ccc(F)cc2)C1=O. The lowest BCUT2D eigenvalue weighted by Crippen LogP contribution is -2.31. The second-order valence-corrected chi connectivity index (χ2v) is 5.77. The molecule has 122 valence electrons. The highest BCUT2D eigenvalue weighted by Gasteiger charge is 2.40. The number of ether oxygens (including phenoxy) is 1. The van der Waals surface area contributed by atoms with Crippen LogP contribution in [0.15, 0.2) is 47.5 Å². The fraction of sp³-hybridized carbons (Fsp3) is 0.0588. The smallest absolute Gasteiger partial charge is 0.277 e. The van der Waals surface area contributed by atoms with Crippen LogP contribution in [0, 0.1) is 5.82 Å². The molecular formula is C17H10Cl2FNO3. The van der Waals surface area contributed by atoms with Crippen molar-refractivity contribution in [1.29, 1.82) is 0 Å². The molecule has 24 heavy (non-hydrogen) atoms. The Morgan fingerprint density at radius 1 is 1.00 bits per heavy atom. The lowest BCUT2D eigenvalue weighted by Gasteiger charge is -2.18. The van der Waals surface area contributed by atoms with E-state index in [1.54, 1.807) is 12.1 Å². The molecule has 0 saturated heterocycles. The van der Waals surface area contributed by atoms with Gasteiger partial charge < -0.3 is 4.74 Å². The molecule has 0 aromatic heterocycles. The number of rotatable bonds is 3. The topological polar surface area (TPSA) is 46.6 Å². The molecule has 2 amide bonds. The van der Waals surface area contributed by atoms with Crippen LogP contribution in [0.1, 0.15) is 5.56 Å². The quantitative estimate of drug-likeness (QED) is 0.772. The van der Waals surface area contributed by atoms with E-state index in [-0.39, 0.29) is 16.3 Å². The van der Waals surface area contributed by atoms with Gasteiger partial charge in [-0.1, -0.05) is 35.3 Å². The van der Waals surface area contributed by atoms with Crippen LogP contribution in [0.2, 0.25) is 5.02 Å². The molecule has 2 aromatic carbocycles. The van der Waals surface area contributed by atoms with Crippen molar-refractivity contribution < 1.29 is 18.7 Å². The molecule has 0 bridgehead atoms. The number of imide groups is 1. The summed E-state index contributed by atoms with van der Waals surface area (Å²) in [5, 5.41) is 0.0893. The summed E-state index contributed by atoms with van der Waals surface area (Å²) >= 11 is 12.0. The van der Waals surface area contributed by atoms with Crippen LogP contribution in [-0.4, -0.2) is 18.9 Å². The predicted octanol–water partition coefficient (Wildman–Crippen LogP) is 4.01. The van der Waals surface area contributed by atoms with Crippen LogP contribution < -0.4 is 9.64 Å². The maximum absolute atomic E-state index is 13.1. The van der Waals surface area contributed by atoms with Gasteiger partial charge in [-0.3, -0.25) is 9.59 Å². The highest BCUT2D eigenvalue weighted by Crippen LogP contribution is 2.39. The van der Waals surface area contributed by atoms with Gasteiger partial charge in [0, 0.05) is 5.02 Å². The summed E-state index contributed by atoms with van der Waals surface area (Å²) in [6, 6.07) is 9.70. The summed E-state index contributed by atoms with van der Waals surface area (Å²) in [5.41, 5.74) is 0.544. The molecule has 0 N–H and O–H groups in total. The van der Waals surface area contributed by atoms with Gasteiger partial charge in [0.05, 0.1) is 18.4 Å². The van der Waals surface area contributed by atoms with Crippen LogP contribution in [0.25, 0.3) is 5.57 Å². The van der Waals surface area contributed by atoms with Gasteiger partial charge >= 0.3 is 0 Å². The first-order valence-corrected chi connectivity index (χ1v) is 7.57. The third kappa shape index (κ3) is 2.66. The number of amides is 2. The Morgan fingerprint density at radius 3 is 2.29 bits per heavy atom. The molecule has 3 rings (SSSR count). The summed E-state index contributed by atoms with van der Waals surface area (Å²) in [7, 11) is 1.41. The number of hydrogen-bond acceptors (Lipinski definition) is 3. The first-order valence-electron chi connectivity index (χ1n) is 6.82. The van der Waals surface area contributed by atoms with E-state index in [0.717, 1.165) is 4.90 Å². The van der Waals surface area contributed by atoms with Crippen molar-refractivity contribution >= 4 is 46.3 Å². The van der Waals surface area contributed by atoms with E-state index in [1.807, 2.05) is 0 Å². The van der Waals surface area contributed by atoms with Gasteiger partial charge in [0.15, 0.2) is 0 Å². The van der Waals surface area contributed by atoms with E-state index in [1.165, 1.54) is 37.4 Å². The maximum atomic E-state index is 13.1. The van der Waals surface area contributed by atoms with Crippen LogP contribution >= 0.6 is 23.2 Å². The van der Waals surface area contributed by atoms with Crippen molar-refractivity contribution in [2.45, 2.75) is 0 Å². The minimum atomic E-state index is -0.693. The average Bonchev–Trinajstić information content (AvgIpc) is 2.78. The van der Waals surface area contributed by atoms with E-state index >= 15 is 0 Å². The largest absolute Gasteiger partial charge is 0.495 e. The molecule has 0 fully saturated rings. The molecule has 1 heterocycles. The molecule has 0 atom stereocenters. The van der Waals surface area contributed by atoms with Gasteiger partial charge in [-0.15, -0.1) is 0 Å². The third-order valence-electron chi connectivity index (χ3n) is 3.54. The zero-order valence-corrected chi connectivity index (χ0v) is 13.9. The zero-order valence-electron chi connectivity index (χ0n) is 12.3. The van der Waals surface area contributed by atoms with Crippen molar-refractivity contribution in [2.24, 2.45) is 0 Å². The number of nitrogens with zero attached hydrogens (tertiary/aromatic N) is 1. The first kappa shape index (κ1) is 16.5. The number of hydrogen-bond donors (Lipinski definition) is 0. The Morgan fingerprint density at radius 2 is 1.67 bits per heavy atom. The summed E-state index contributed by atoms with van der Waals surface area (Å²) in [6.45, 7) is 0. The Balaban J connectivity index is 2.09.